The fourth-order valence-electron chi connectivity index (χ4n) is 5.03. The number of allylic oxidation sites excluding steroid dienone is 2. The van der Waals surface area contributed by atoms with E-state index in [2.05, 4.69) is 28.1 Å². The third-order valence-corrected chi connectivity index (χ3v) is 6.77. The van der Waals surface area contributed by atoms with Gasteiger partial charge in [0, 0.05) is 28.7 Å². The largest absolute Gasteiger partial charge is 0.737 e. The van der Waals surface area contributed by atoms with Gasteiger partial charge in [-0.3, -0.25) is 0 Å². The van der Waals surface area contributed by atoms with Gasteiger partial charge in [0.05, 0.1) is 5.57 Å². The predicted molar refractivity (Wildman–Crippen MR) is 120 cm³/mol. The fraction of sp³-hybridized carbons (Fsp3) is 0.174. The third kappa shape index (κ3) is 2.35. The van der Waals surface area contributed by atoms with Crippen LogP contribution in [0, 0.1) is 13.8 Å². The maximum atomic E-state index is 15.8. The molecule has 0 amide bonds. The average molecular weight is 453 g/mol. The SMILES string of the molecule is CC1=CC(C)=[N+]2C1=C(c1ccc(Br)c3ccccc13)c1c(C)cc(C)n1[B-]2(F)F. The summed E-state index contributed by atoms with van der Waals surface area (Å²) in [6.45, 7) is 3.42. The zero-order valence-corrected chi connectivity index (χ0v) is 18.3. The van der Waals surface area contributed by atoms with E-state index in [0.717, 1.165) is 37.5 Å². The molecule has 0 unspecified atom stereocenters. The van der Waals surface area contributed by atoms with E-state index in [1.165, 1.54) is 8.96 Å². The van der Waals surface area contributed by atoms with Crippen LogP contribution in [0.4, 0.5) is 8.63 Å². The first kappa shape index (κ1) is 18.6. The van der Waals surface area contributed by atoms with Crippen molar-refractivity contribution in [3.05, 3.63) is 86.8 Å². The summed E-state index contributed by atoms with van der Waals surface area (Å²) in [5, 5.41) is 2.12. The molecule has 0 spiro atoms. The lowest BCUT2D eigenvalue weighted by Crippen LogP contribution is -2.51. The van der Waals surface area contributed by atoms with Crippen molar-refractivity contribution in [2.45, 2.75) is 27.7 Å². The molecular weight excluding hydrogens is 433 g/mol. The number of rotatable bonds is 1. The van der Waals surface area contributed by atoms with E-state index in [-0.39, 0.29) is 0 Å². The Morgan fingerprint density at radius 3 is 2.38 bits per heavy atom. The monoisotopic (exact) mass is 452 g/mol. The van der Waals surface area contributed by atoms with Crippen LogP contribution >= 0.6 is 15.9 Å². The molecule has 0 aliphatic carbocycles. The molecule has 146 valence electrons. The molecule has 29 heavy (non-hydrogen) atoms. The van der Waals surface area contributed by atoms with E-state index in [0.29, 0.717) is 22.8 Å². The molecule has 6 heteroatoms. The van der Waals surface area contributed by atoms with Gasteiger partial charge in [-0.2, -0.15) is 0 Å². The van der Waals surface area contributed by atoms with Crippen LogP contribution in [0.5, 0.6) is 0 Å². The second-order valence-electron chi connectivity index (χ2n) is 7.98. The summed E-state index contributed by atoms with van der Waals surface area (Å²) >= 11 is 3.64. The van der Waals surface area contributed by atoms with Gasteiger partial charge in [0.15, 0.2) is 5.70 Å². The lowest BCUT2D eigenvalue weighted by atomic mass is 9.82. The van der Waals surface area contributed by atoms with Crippen molar-refractivity contribution in [3.63, 3.8) is 0 Å². The van der Waals surface area contributed by atoms with Gasteiger partial charge in [0.25, 0.3) is 0 Å². The highest BCUT2D eigenvalue weighted by Gasteiger charge is 2.55. The Balaban J connectivity index is 2.00. The number of aromatic nitrogens is 1. The van der Waals surface area contributed by atoms with Crippen molar-refractivity contribution in [3.8, 4) is 0 Å². The van der Waals surface area contributed by atoms with Crippen molar-refractivity contribution in [2.24, 2.45) is 0 Å². The Morgan fingerprint density at radius 2 is 1.66 bits per heavy atom. The Morgan fingerprint density at radius 1 is 0.966 bits per heavy atom. The summed E-state index contributed by atoms with van der Waals surface area (Å²) in [6, 6.07) is 14.0. The van der Waals surface area contributed by atoms with Crippen molar-refractivity contribution in [2.75, 3.05) is 0 Å². The van der Waals surface area contributed by atoms with Crippen LogP contribution in [0.3, 0.4) is 0 Å². The molecule has 2 nitrogen and oxygen atoms in total. The number of hydrogen-bond acceptors (Lipinski definition) is 0. The normalized spacial score (nSPS) is 17.7. The molecule has 0 saturated heterocycles. The maximum Gasteiger partial charge on any atom is 0.737 e. The quantitative estimate of drug-likeness (QED) is 0.375. The molecule has 0 fully saturated rings. The van der Waals surface area contributed by atoms with Crippen molar-refractivity contribution in [1.82, 2.24) is 4.48 Å². The van der Waals surface area contributed by atoms with Crippen LogP contribution in [0.2, 0.25) is 0 Å². The maximum absolute atomic E-state index is 15.8. The van der Waals surface area contributed by atoms with Crippen molar-refractivity contribution >= 4 is 45.0 Å². The number of halogens is 3. The van der Waals surface area contributed by atoms with Gasteiger partial charge in [0.2, 0.25) is 0 Å². The summed E-state index contributed by atoms with van der Waals surface area (Å²) < 4.78 is 35.0. The number of aryl methyl sites for hydroxylation is 2. The summed E-state index contributed by atoms with van der Waals surface area (Å²) in [7, 11) is 0. The molecule has 0 saturated carbocycles. The van der Waals surface area contributed by atoms with E-state index in [1.54, 1.807) is 13.8 Å². The Bertz CT molecular complexity index is 1330. The molecule has 0 bridgehead atoms. The zero-order valence-electron chi connectivity index (χ0n) is 16.7. The van der Waals surface area contributed by atoms with Crippen LogP contribution in [0.25, 0.3) is 16.3 Å². The smallest absolute Gasteiger partial charge is 0.393 e. The van der Waals surface area contributed by atoms with Crippen LogP contribution < -0.4 is 0 Å². The molecule has 2 aromatic carbocycles. The highest BCUT2D eigenvalue weighted by atomic mass is 79.9. The van der Waals surface area contributed by atoms with Crippen molar-refractivity contribution in [1.29, 1.82) is 0 Å². The van der Waals surface area contributed by atoms with E-state index >= 15 is 8.63 Å². The predicted octanol–water partition coefficient (Wildman–Crippen LogP) is 6.45. The number of benzene rings is 2. The molecule has 3 aromatic rings. The summed E-state index contributed by atoms with van der Waals surface area (Å²) in [5.74, 6) is 0. The highest BCUT2D eigenvalue weighted by molar-refractivity contribution is 9.10. The van der Waals surface area contributed by atoms with Gasteiger partial charge in [0.1, 0.15) is 5.71 Å². The third-order valence-electron chi connectivity index (χ3n) is 6.07. The van der Waals surface area contributed by atoms with Crippen LogP contribution in [-0.4, -0.2) is 21.6 Å². The fourth-order valence-corrected chi connectivity index (χ4v) is 5.51. The topological polar surface area (TPSA) is 7.94 Å². The number of hydrogen-bond donors (Lipinski definition) is 0. The van der Waals surface area contributed by atoms with E-state index in [4.69, 9.17) is 0 Å². The number of nitrogens with zero attached hydrogens (tertiary/aromatic N) is 2. The first-order chi connectivity index (χ1) is 13.7. The zero-order chi connectivity index (χ0) is 20.7. The Hall–Kier alpha value is -2.47. The standard InChI is InChI=1S/C23H20BBrF2N2/c1-13-11-15(3)28-22(13)21(23-14(2)12-16(4)29(23)24(28,26)27)19-9-10-20(25)18-8-6-5-7-17(18)19/h5-12H,1-4H3. The molecule has 1 aromatic heterocycles. The molecule has 5 rings (SSSR count). The van der Waals surface area contributed by atoms with Gasteiger partial charge in [-0.1, -0.05) is 46.3 Å². The van der Waals surface area contributed by atoms with Gasteiger partial charge >= 0.3 is 6.97 Å². The van der Waals surface area contributed by atoms with Gasteiger partial charge in [-0.05, 0) is 60.5 Å². The van der Waals surface area contributed by atoms with Gasteiger partial charge in [-0.15, -0.1) is 0 Å². The van der Waals surface area contributed by atoms with Gasteiger partial charge < -0.3 is 17.6 Å². The molecule has 2 aliphatic heterocycles. The lowest BCUT2D eigenvalue weighted by Gasteiger charge is -2.34. The van der Waals surface area contributed by atoms with Gasteiger partial charge in [-0.25, -0.2) is 0 Å². The molecule has 0 radical (unpaired) electrons. The van der Waals surface area contributed by atoms with E-state index in [1.807, 2.05) is 50.3 Å². The lowest BCUT2D eigenvalue weighted by molar-refractivity contribution is -0.363. The summed E-state index contributed by atoms with van der Waals surface area (Å²) in [6.07, 6.45) is 1.86. The minimum Gasteiger partial charge on any atom is -0.393 e. The van der Waals surface area contributed by atoms with Crippen LogP contribution in [0.15, 0.2) is 64.3 Å². The summed E-state index contributed by atoms with van der Waals surface area (Å²) in [5.41, 5.74) is 5.99. The average Bonchev–Trinajstić information content (AvgIpc) is 3.14. The summed E-state index contributed by atoms with van der Waals surface area (Å²) in [4.78, 5) is 0. The van der Waals surface area contributed by atoms with Crippen molar-refractivity contribution < 1.29 is 13.1 Å². The number of fused-ring (bicyclic) bond motifs is 3. The minimum absolute atomic E-state index is 0.581. The van der Waals surface area contributed by atoms with Crippen LogP contribution in [0.1, 0.15) is 36.4 Å². The van der Waals surface area contributed by atoms with Crippen LogP contribution in [-0.2, 0) is 0 Å². The Labute approximate surface area is 177 Å². The first-order valence-corrected chi connectivity index (χ1v) is 10.5. The minimum atomic E-state index is -3.95. The molecular formula is C23H20BBrF2N2. The molecule has 0 N–H and O–H groups in total. The van der Waals surface area contributed by atoms with E-state index < -0.39 is 6.97 Å². The molecule has 0 atom stereocenters. The first-order valence-electron chi connectivity index (χ1n) is 9.68. The molecule has 2 aliphatic rings. The molecule has 3 heterocycles. The highest BCUT2D eigenvalue weighted by Crippen LogP contribution is 2.46. The second kappa shape index (κ2) is 6.02. The second-order valence-corrected chi connectivity index (χ2v) is 8.83. The Kier molecular flexibility index (Phi) is 3.85. The van der Waals surface area contributed by atoms with E-state index in [9.17, 15) is 0 Å².